The van der Waals surface area contributed by atoms with Gasteiger partial charge >= 0.3 is 0 Å². The topological polar surface area (TPSA) is 58.6 Å². The van der Waals surface area contributed by atoms with Crippen LogP contribution in [0.2, 0.25) is 0 Å². The molecule has 0 aliphatic heterocycles. The normalized spacial score (nSPS) is 27.9. The monoisotopic (exact) mass is 277 g/mol. The lowest BCUT2D eigenvalue weighted by molar-refractivity contribution is -0.0276. The van der Waals surface area contributed by atoms with Crippen molar-refractivity contribution in [2.45, 2.75) is 44.8 Å². The van der Waals surface area contributed by atoms with Crippen molar-refractivity contribution in [3.8, 4) is 0 Å². The van der Waals surface area contributed by atoms with Crippen LogP contribution in [0.25, 0.3) is 0 Å². The van der Waals surface area contributed by atoms with Gasteiger partial charge in [0, 0.05) is 35.9 Å². The van der Waals surface area contributed by atoms with Crippen LogP contribution in [-0.4, -0.2) is 53.2 Å². The molecule has 2 N–H and O–H groups in total. The minimum atomic E-state index is -0.767. The van der Waals surface area contributed by atoms with Gasteiger partial charge in [-0.1, -0.05) is 6.92 Å². The molecule has 0 aromatic carbocycles. The highest BCUT2D eigenvalue weighted by molar-refractivity contribution is 7.84. The van der Waals surface area contributed by atoms with E-state index in [0.717, 1.165) is 18.8 Å². The fourth-order valence-corrected chi connectivity index (χ4v) is 2.62. The summed E-state index contributed by atoms with van der Waals surface area (Å²) >= 11 is 0. The van der Waals surface area contributed by atoms with E-state index in [1.54, 1.807) is 6.26 Å². The number of hydrogen-bond donors (Lipinski definition) is 2. The highest BCUT2D eigenvalue weighted by atomic mass is 32.2. The van der Waals surface area contributed by atoms with Crippen molar-refractivity contribution in [1.29, 1.82) is 0 Å². The Bertz CT molecular complexity index is 242. The number of ether oxygens (including phenoxy) is 1. The molecular weight excluding hydrogens is 250 g/mol. The maximum absolute atomic E-state index is 10.8. The highest BCUT2D eigenvalue weighted by Gasteiger charge is 2.19. The van der Waals surface area contributed by atoms with Gasteiger partial charge in [0.2, 0.25) is 0 Å². The quantitative estimate of drug-likeness (QED) is 0.648. The van der Waals surface area contributed by atoms with Crippen molar-refractivity contribution >= 4 is 10.8 Å². The summed E-state index contributed by atoms with van der Waals surface area (Å²) in [7, 11) is -0.767. The van der Waals surface area contributed by atoms with Gasteiger partial charge in [-0.15, -0.1) is 0 Å². The summed E-state index contributed by atoms with van der Waals surface area (Å²) < 4.78 is 16.6. The molecule has 5 heteroatoms. The van der Waals surface area contributed by atoms with E-state index < -0.39 is 16.9 Å². The van der Waals surface area contributed by atoms with Gasteiger partial charge in [0.25, 0.3) is 0 Å². The highest BCUT2D eigenvalue weighted by Crippen LogP contribution is 2.25. The molecule has 0 bridgehead atoms. The second-order valence-corrected chi connectivity index (χ2v) is 6.91. The van der Waals surface area contributed by atoms with Crippen LogP contribution in [0.1, 0.15) is 32.6 Å². The molecule has 0 heterocycles. The number of hydrogen-bond acceptors (Lipinski definition) is 4. The standard InChI is InChI=1S/C13H27NO3S/c1-11-3-5-13(6-4-11)17-10-12(15)9-14-7-8-18(2)16/h11-15H,3-10H2,1-2H3. The lowest BCUT2D eigenvalue weighted by atomic mass is 9.89. The summed E-state index contributed by atoms with van der Waals surface area (Å²) in [6.07, 6.45) is 6.27. The molecule has 0 aromatic heterocycles. The molecule has 2 atom stereocenters. The molecule has 2 unspecified atom stereocenters. The lowest BCUT2D eigenvalue weighted by Gasteiger charge is -2.27. The van der Waals surface area contributed by atoms with E-state index in [0.29, 0.717) is 31.6 Å². The van der Waals surface area contributed by atoms with Crippen LogP contribution in [0.15, 0.2) is 0 Å². The third kappa shape index (κ3) is 7.46. The number of aliphatic hydroxyl groups is 1. The summed E-state index contributed by atoms with van der Waals surface area (Å²) in [5.74, 6) is 1.46. The maximum atomic E-state index is 10.8. The van der Waals surface area contributed by atoms with Crippen LogP contribution in [-0.2, 0) is 15.5 Å². The molecule has 0 aromatic rings. The molecule has 18 heavy (non-hydrogen) atoms. The molecule has 0 amide bonds. The van der Waals surface area contributed by atoms with Gasteiger partial charge in [0.15, 0.2) is 0 Å². The first-order valence-corrected chi connectivity index (χ1v) is 8.61. The smallest absolute Gasteiger partial charge is 0.0897 e. The van der Waals surface area contributed by atoms with Crippen molar-refractivity contribution in [2.75, 3.05) is 31.7 Å². The molecule has 0 radical (unpaired) electrons. The van der Waals surface area contributed by atoms with E-state index in [4.69, 9.17) is 4.74 Å². The van der Waals surface area contributed by atoms with Gasteiger partial charge in [0.05, 0.1) is 18.8 Å². The molecule has 0 saturated heterocycles. The predicted octanol–water partition coefficient (Wildman–Crippen LogP) is 0.911. The van der Waals surface area contributed by atoms with Crippen LogP contribution in [0.4, 0.5) is 0 Å². The van der Waals surface area contributed by atoms with Crippen LogP contribution < -0.4 is 5.32 Å². The Morgan fingerprint density at radius 1 is 1.39 bits per heavy atom. The maximum Gasteiger partial charge on any atom is 0.0897 e. The van der Waals surface area contributed by atoms with Gasteiger partial charge in [-0.05, 0) is 31.6 Å². The van der Waals surface area contributed by atoms with Crippen molar-refractivity contribution < 1.29 is 14.1 Å². The third-order valence-corrected chi connectivity index (χ3v) is 4.21. The zero-order valence-corrected chi connectivity index (χ0v) is 12.4. The Labute approximate surface area is 113 Å². The van der Waals surface area contributed by atoms with Gasteiger partial charge in [-0.25, -0.2) is 0 Å². The summed E-state index contributed by atoms with van der Waals surface area (Å²) in [4.78, 5) is 0. The van der Waals surface area contributed by atoms with E-state index in [1.807, 2.05) is 0 Å². The van der Waals surface area contributed by atoms with Crippen LogP contribution in [0.3, 0.4) is 0 Å². The third-order valence-electron chi connectivity index (χ3n) is 3.43. The Kier molecular flexibility index (Phi) is 8.06. The van der Waals surface area contributed by atoms with Crippen LogP contribution in [0.5, 0.6) is 0 Å². The van der Waals surface area contributed by atoms with E-state index in [-0.39, 0.29) is 0 Å². The van der Waals surface area contributed by atoms with Gasteiger partial charge in [-0.3, -0.25) is 4.21 Å². The predicted molar refractivity (Wildman–Crippen MR) is 75.2 cm³/mol. The molecule has 108 valence electrons. The van der Waals surface area contributed by atoms with Crippen molar-refractivity contribution in [3.05, 3.63) is 0 Å². The van der Waals surface area contributed by atoms with Crippen molar-refractivity contribution in [2.24, 2.45) is 5.92 Å². The SMILES string of the molecule is CC1CCC(OCC(O)CNCCS(C)=O)CC1. The second kappa shape index (κ2) is 9.02. The lowest BCUT2D eigenvalue weighted by Crippen LogP contribution is -2.34. The van der Waals surface area contributed by atoms with E-state index in [9.17, 15) is 9.32 Å². The number of nitrogens with one attached hydrogen (secondary N) is 1. The first-order chi connectivity index (χ1) is 8.58. The Hall–Kier alpha value is 0.0300. The number of aliphatic hydroxyl groups excluding tert-OH is 1. The summed E-state index contributed by atoms with van der Waals surface area (Å²) in [5.41, 5.74) is 0. The fraction of sp³-hybridized carbons (Fsp3) is 1.00. The van der Waals surface area contributed by atoms with Crippen LogP contribution >= 0.6 is 0 Å². The molecule has 1 aliphatic rings. The van der Waals surface area contributed by atoms with Gasteiger partial charge in [-0.2, -0.15) is 0 Å². The number of rotatable bonds is 8. The van der Waals surface area contributed by atoms with E-state index in [1.165, 1.54) is 12.8 Å². The van der Waals surface area contributed by atoms with E-state index >= 15 is 0 Å². The zero-order valence-electron chi connectivity index (χ0n) is 11.6. The summed E-state index contributed by atoms with van der Waals surface area (Å²) in [5, 5.41) is 12.8. The molecule has 1 saturated carbocycles. The molecule has 1 rings (SSSR count). The second-order valence-electron chi connectivity index (χ2n) is 5.35. The molecule has 4 nitrogen and oxygen atoms in total. The zero-order chi connectivity index (χ0) is 13.4. The average molecular weight is 277 g/mol. The Morgan fingerprint density at radius 3 is 2.67 bits per heavy atom. The minimum Gasteiger partial charge on any atom is -0.389 e. The largest absolute Gasteiger partial charge is 0.389 e. The first-order valence-electron chi connectivity index (χ1n) is 6.88. The van der Waals surface area contributed by atoms with E-state index in [2.05, 4.69) is 12.2 Å². The Morgan fingerprint density at radius 2 is 2.06 bits per heavy atom. The molecule has 1 fully saturated rings. The first kappa shape index (κ1) is 16.1. The van der Waals surface area contributed by atoms with Crippen molar-refractivity contribution in [1.82, 2.24) is 5.32 Å². The summed E-state index contributed by atoms with van der Waals surface area (Å²) in [6, 6.07) is 0. The van der Waals surface area contributed by atoms with Crippen LogP contribution in [0, 0.1) is 5.92 Å². The van der Waals surface area contributed by atoms with Crippen molar-refractivity contribution in [3.63, 3.8) is 0 Å². The summed E-state index contributed by atoms with van der Waals surface area (Å²) in [6.45, 7) is 3.88. The molecular formula is C13H27NO3S. The Balaban J connectivity index is 1.99. The van der Waals surface area contributed by atoms with Gasteiger partial charge < -0.3 is 15.2 Å². The van der Waals surface area contributed by atoms with Gasteiger partial charge in [0.1, 0.15) is 0 Å². The molecule has 0 spiro atoms. The minimum absolute atomic E-state index is 0.332. The fourth-order valence-electron chi connectivity index (χ4n) is 2.19. The average Bonchev–Trinajstić information content (AvgIpc) is 2.34. The molecule has 1 aliphatic carbocycles.